The highest BCUT2D eigenvalue weighted by atomic mass is 16.5. The highest BCUT2D eigenvalue weighted by Gasteiger charge is 2.10. The van der Waals surface area contributed by atoms with Crippen molar-refractivity contribution in [1.82, 2.24) is 4.90 Å². The molecule has 0 unspecified atom stereocenters. The topological polar surface area (TPSA) is 67.4 Å². The van der Waals surface area contributed by atoms with Gasteiger partial charge in [0.25, 0.3) is 0 Å². The molecule has 4 rings (SSSR count). The Morgan fingerprint density at radius 3 is 2.48 bits per heavy atom. The molecular weight excluding hydrogens is 392 g/mol. The molecule has 0 saturated carbocycles. The van der Waals surface area contributed by atoms with Gasteiger partial charge in [-0.25, -0.2) is 0 Å². The zero-order chi connectivity index (χ0) is 21.5. The standard InChI is InChI=1S/C25H30N2O4/c1-29-21-11-12-22-23(26-28)18-24(31-25(22)17-21)19-7-9-20(10-8-19)30-16-6-5-15-27-13-3-2-4-14-27/h7-12,17-18,28H,2-6,13-16H2,1H3/b26-23+. The fourth-order valence-electron chi connectivity index (χ4n) is 4.03. The summed E-state index contributed by atoms with van der Waals surface area (Å²) < 4.78 is 17.2. The van der Waals surface area contributed by atoms with Crippen LogP contribution in [0.4, 0.5) is 0 Å². The van der Waals surface area contributed by atoms with Gasteiger partial charge in [-0.15, -0.1) is 0 Å². The minimum absolute atomic E-state index is 0.452. The molecule has 3 aromatic rings. The first-order valence-corrected chi connectivity index (χ1v) is 11.0. The lowest BCUT2D eigenvalue weighted by Crippen LogP contribution is -2.30. The minimum atomic E-state index is 0.452. The quantitative estimate of drug-likeness (QED) is 0.313. The van der Waals surface area contributed by atoms with Crippen molar-refractivity contribution in [3.8, 4) is 22.8 Å². The number of likely N-dealkylation sites (tertiary alicyclic amines) is 1. The maximum absolute atomic E-state index is 9.43. The number of methoxy groups -OCH3 is 1. The third-order valence-corrected chi connectivity index (χ3v) is 5.79. The van der Waals surface area contributed by atoms with Crippen molar-refractivity contribution in [3.63, 3.8) is 0 Å². The van der Waals surface area contributed by atoms with Crippen molar-refractivity contribution in [2.24, 2.45) is 5.16 Å². The molecule has 0 aliphatic carbocycles. The van der Waals surface area contributed by atoms with Crippen LogP contribution in [0.2, 0.25) is 0 Å². The summed E-state index contributed by atoms with van der Waals surface area (Å²) in [4.78, 5) is 2.56. The molecule has 1 fully saturated rings. The van der Waals surface area contributed by atoms with Crippen LogP contribution in [-0.4, -0.2) is 43.5 Å². The van der Waals surface area contributed by atoms with Crippen LogP contribution in [0.3, 0.4) is 0 Å². The zero-order valence-electron chi connectivity index (χ0n) is 18.0. The molecule has 0 bridgehead atoms. The molecule has 6 nitrogen and oxygen atoms in total. The van der Waals surface area contributed by atoms with E-state index in [4.69, 9.17) is 13.9 Å². The van der Waals surface area contributed by atoms with Crippen LogP contribution in [0.15, 0.2) is 58.1 Å². The third-order valence-electron chi connectivity index (χ3n) is 5.79. The molecule has 2 aromatic carbocycles. The molecular formula is C25H30N2O4. The van der Waals surface area contributed by atoms with Crippen molar-refractivity contribution in [2.75, 3.05) is 33.4 Å². The highest BCUT2D eigenvalue weighted by Crippen LogP contribution is 2.26. The second-order valence-corrected chi connectivity index (χ2v) is 7.94. The van der Waals surface area contributed by atoms with E-state index in [0.717, 1.165) is 29.7 Å². The Hall–Kier alpha value is -2.99. The SMILES string of the molecule is COc1ccc2/c(=N/O)cc(-c3ccc(OCCCCN4CCCCC4)cc3)oc2c1. The summed E-state index contributed by atoms with van der Waals surface area (Å²) in [5, 5.41) is 14.0. The normalized spacial score (nSPS) is 15.3. The number of piperidine rings is 1. The first-order chi connectivity index (χ1) is 15.3. The van der Waals surface area contributed by atoms with Gasteiger partial charge < -0.3 is 24.0 Å². The number of rotatable bonds is 8. The van der Waals surface area contributed by atoms with Gasteiger partial charge in [0.05, 0.1) is 13.7 Å². The van der Waals surface area contributed by atoms with E-state index in [1.54, 1.807) is 19.2 Å². The third kappa shape index (κ3) is 5.39. The van der Waals surface area contributed by atoms with Crippen LogP contribution >= 0.6 is 0 Å². The van der Waals surface area contributed by atoms with Gasteiger partial charge in [0, 0.05) is 23.1 Å². The summed E-state index contributed by atoms with van der Waals surface area (Å²) in [7, 11) is 1.61. The fourth-order valence-corrected chi connectivity index (χ4v) is 4.03. The number of fused-ring (bicyclic) bond motifs is 1. The summed E-state index contributed by atoms with van der Waals surface area (Å²) in [5.41, 5.74) is 1.48. The average Bonchev–Trinajstić information content (AvgIpc) is 2.83. The molecule has 2 heterocycles. The van der Waals surface area contributed by atoms with E-state index in [9.17, 15) is 5.21 Å². The number of hydrogen-bond acceptors (Lipinski definition) is 6. The summed E-state index contributed by atoms with van der Waals surface area (Å²) >= 11 is 0. The summed E-state index contributed by atoms with van der Waals surface area (Å²) in [6.45, 7) is 4.40. The van der Waals surface area contributed by atoms with Crippen molar-refractivity contribution in [2.45, 2.75) is 32.1 Å². The van der Waals surface area contributed by atoms with Crippen LogP contribution < -0.4 is 14.8 Å². The maximum Gasteiger partial charge on any atom is 0.140 e. The second-order valence-electron chi connectivity index (χ2n) is 7.94. The van der Waals surface area contributed by atoms with Gasteiger partial charge in [-0.3, -0.25) is 0 Å². The average molecular weight is 423 g/mol. The smallest absolute Gasteiger partial charge is 0.140 e. The van der Waals surface area contributed by atoms with Crippen LogP contribution in [0.25, 0.3) is 22.3 Å². The molecule has 1 saturated heterocycles. The number of ether oxygens (including phenoxy) is 2. The first kappa shape index (κ1) is 21.2. The van der Waals surface area contributed by atoms with E-state index in [-0.39, 0.29) is 0 Å². The Morgan fingerprint density at radius 2 is 1.74 bits per heavy atom. The van der Waals surface area contributed by atoms with Crippen molar-refractivity contribution >= 4 is 11.0 Å². The number of nitrogens with zero attached hydrogens (tertiary/aromatic N) is 2. The largest absolute Gasteiger partial charge is 0.497 e. The lowest BCUT2D eigenvalue weighted by molar-refractivity contribution is 0.216. The Kier molecular flexibility index (Phi) is 7.10. The van der Waals surface area contributed by atoms with Gasteiger partial charge >= 0.3 is 0 Å². The Balaban J connectivity index is 1.38. The predicted molar refractivity (Wildman–Crippen MR) is 121 cm³/mol. The molecule has 31 heavy (non-hydrogen) atoms. The van der Waals surface area contributed by atoms with E-state index in [1.807, 2.05) is 36.4 Å². The van der Waals surface area contributed by atoms with Crippen molar-refractivity contribution in [1.29, 1.82) is 0 Å². The van der Waals surface area contributed by atoms with Crippen LogP contribution in [0, 0.1) is 0 Å². The molecule has 0 radical (unpaired) electrons. The van der Waals surface area contributed by atoms with Gasteiger partial charge in [0.1, 0.15) is 28.2 Å². The molecule has 0 spiro atoms. The van der Waals surface area contributed by atoms with E-state index >= 15 is 0 Å². The molecule has 1 N–H and O–H groups in total. The van der Waals surface area contributed by atoms with Gasteiger partial charge in [-0.1, -0.05) is 11.6 Å². The monoisotopic (exact) mass is 422 g/mol. The minimum Gasteiger partial charge on any atom is -0.497 e. The summed E-state index contributed by atoms with van der Waals surface area (Å²) in [6, 6.07) is 14.9. The lowest BCUT2D eigenvalue weighted by Gasteiger charge is -2.26. The fraction of sp³-hybridized carbons (Fsp3) is 0.400. The Morgan fingerprint density at radius 1 is 0.968 bits per heavy atom. The predicted octanol–water partition coefficient (Wildman–Crippen LogP) is 5.04. The van der Waals surface area contributed by atoms with E-state index < -0.39 is 0 Å². The molecule has 0 atom stereocenters. The van der Waals surface area contributed by atoms with Gasteiger partial charge in [0.15, 0.2) is 0 Å². The number of hydrogen-bond donors (Lipinski definition) is 1. The second kappa shape index (κ2) is 10.4. The highest BCUT2D eigenvalue weighted by molar-refractivity contribution is 5.79. The molecule has 1 aromatic heterocycles. The first-order valence-electron chi connectivity index (χ1n) is 11.0. The zero-order valence-corrected chi connectivity index (χ0v) is 18.0. The van der Waals surface area contributed by atoms with Crippen LogP contribution in [-0.2, 0) is 0 Å². The van der Waals surface area contributed by atoms with Gasteiger partial charge in [0.2, 0.25) is 0 Å². The summed E-state index contributed by atoms with van der Waals surface area (Å²) in [6.07, 6.45) is 6.29. The summed E-state index contributed by atoms with van der Waals surface area (Å²) in [5.74, 6) is 2.14. The van der Waals surface area contributed by atoms with Crippen molar-refractivity contribution in [3.05, 3.63) is 53.9 Å². The maximum atomic E-state index is 9.43. The van der Waals surface area contributed by atoms with Crippen LogP contribution in [0.1, 0.15) is 32.1 Å². The van der Waals surface area contributed by atoms with Gasteiger partial charge in [-0.2, -0.15) is 0 Å². The molecule has 164 valence electrons. The van der Waals surface area contributed by atoms with E-state index in [1.165, 1.54) is 45.3 Å². The number of unbranched alkanes of at least 4 members (excludes halogenated alkanes) is 1. The Bertz CT molecular complexity index is 1050. The van der Waals surface area contributed by atoms with Crippen LogP contribution in [0.5, 0.6) is 11.5 Å². The molecule has 1 aliphatic rings. The van der Waals surface area contributed by atoms with E-state index in [2.05, 4.69) is 10.1 Å². The van der Waals surface area contributed by atoms with Crippen molar-refractivity contribution < 1.29 is 19.1 Å². The molecule has 1 aliphatic heterocycles. The lowest BCUT2D eigenvalue weighted by atomic mass is 10.1. The molecule has 6 heteroatoms. The Labute approximate surface area is 182 Å². The molecule has 0 amide bonds. The van der Waals surface area contributed by atoms with E-state index in [0.29, 0.717) is 22.5 Å². The number of benzene rings is 2. The van der Waals surface area contributed by atoms with Gasteiger partial charge in [-0.05, 0) is 81.7 Å².